The summed E-state index contributed by atoms with van der Waals surface area (Å²) in [6.45, 7) is -1.39. The Morgan fingerprint density at radius 3 is 2.13 bits per heavy atom. The molecule has 0 fully saturated rings. The summed E-state index contributed by atoms with van der Waals surface area (Å²) in [5.74, 6) is -24.0. The first-order chi connectivity index (χ1) is 17.3. The maximum atomic E-state index is 14.4. The van der Waals surface area contributed by atoms with Gasteiger partial charge in [0, 0.05) is 35.6 Å². The van der Waals surface area contributed by atoms with E-state index in [-0.39, 0.29) is 17.0 Å². The molecule has 2 heterocycles. The smallest absolute Gasteiger partial charge is 0.460 e. The molecule has 0 unspecified atom stereocenters. The topological polar surface area (TPSA) is 55.0 Å². The minimum atomic E-state index is -7.20. The number of hydrogen-bond acceptors (Lipinski definition) is 3. The number of nitrogens with one attached hydrogen (secondary N) is 1. The molecule has 0 radical (unpaired) electrons. The molecule has 3 aromatic rings. The quantitative estimate of drug-likeness (QED) is 0.229. The molecule has 0 aliphatic carbocycles. The molecule has 0 aliphatic rings. The van der Waals surface area contributed by atoms with Crippen LogP contribution in [0.3, 0.4) is 0 Å². The van der Waals surface area contributed by atoms with Crippen LogP contribution in [0.15, 0.2) is 48.8 Å². The number of alkyl halides is 12. The van der Waals surface area contributed by atoms with Crippen molar-refractivity contribution in [2.75, 3.05) is 6.61 Å². The number of aromatic amines is 1. The zero-order chi connectivity index (χ0) is 28.7. The van der Waals surface area contributed by atoms with E-state index in [9.17, 15) is 57.5 Å². The maximum absolute atomic E-state index is 14.4. The number of carbonyl (C=O) groups is 1. The van der Waals surface area contributed by atoms with Gasteiger partial charge in [-0.15, -0.1) is 0 Å². The fourth-order valence-corrected chi connectivity index (χ4v) is 3.47. The lowest BCUT2D eigenvalue weighted by atomic mass is 9.89. The molecule has 1 atom stereocenters. The molecule has 0 aliphatic heterocycles. The van der Waals surface area contributed by atoms with Gasteiger partial charge in [-0.25, -0.2) is 4.79 Å². The van der Waals surface area contributed by atoms with Crippen molar-refractivity contribution in [3.05, 3.63) is 65.6 Å². The Labute approximate surface area is 204 Å². The SMILES string of the molecule is O=C(OC[C@@H](CC(F)(F)C(F)(F)C(F)(F)C(F)(F)F)c1ccnc(C(F)(F)F)c1)c1c[nH]c2ccccc12. The number of aromatic nitrogens is 2. The van der Waals surface area contributed by atoms with Crippen LogP contribution < -0.4 is 0 Å². The van der Waals surface area contributed by atoms with Crippen molar-refractivity contribution < 1.29 is 62.2 Å². The van der Waals surface area contributed by atoms with Crippen molar-refractivity contribution in [3.8, 4) is 0 Å². The number of pyridine rings is 1. The number of ether oxygens (including phenoxy) is 1. The largest absolute Gasteiger partial charge is 0.461 e. The number of rotatable bonds is 8. The normalized spacial score (nSPS) is 14.5. The molecule has 0 bridgehead atoms. The van der Waals surface area contributed by atoms with Crippen LogP contribution in [0, 0.1) is 0 Å². The van der Waals surface area contributed by atoms with Gasteiger partial charge < -0.3 is 9.72 Å². The summed E-state index contributed by atoms with van der Waals surface area (Å²) in [5, 5.41) is 0.249. The molecule has 16 heteroatoms. The Bertz CT molecular complexity index is 1300. The van der Waals surface area contributed by atoms with Crippen LogP contribution in [0.4, 0.5) is 52.7 Å². The monoisotopic (exact) mass is 566 g/mol. The third-order valence-electron chi connectivity index (χ3n) is 5.48. The molecule has 0 amide bonds. The van der Waals surface area contributed by atoms with E-state index in [1.54, 1.807) is 6.07 Å². The number of para-hydroxylation sites is 1. The Balaban J connectivity index is 1.97. The number of benzene rings is 1. The number of nitrogens with zero attached hydrogens (tertiary/aromatic N) is 1. The molecule has 3 rings (SSSR count). The second-order valence-corrected chi connectivity index (χ2v) is 8.07. The molecule has 4 nitrogen and oxygen atoms in total. The van der Waals surface area contributed by atoms with Gasteiger partial charge in [0.2, 0.25) is 0 Å². The van der Waals surface area contributed by atoms with Gasteiger partial charge in [0.1, 0.15) is 5.69 Å². The van der Waals surface area contributed by atoms with Gasteiger partial charge in [0.05, 0.1) is 12.2 Å². The molecule has 0 spiro atoms. The first-order valence-corrected chi connectivity index (χ1v) is 10.3. The van der Waals surface area contributed by atoms with Crippen molar-refractivity contribution in [3.63, 3.8) is 0 Å². The zero-order valence-corrected chi connectivity index (χ0v) is 18.4. The molecule has 2 aromatic heterocycles. The highest BCUT2D eigenvalue weighted by Gasteiger charge is 2.81. The number of H-pyrrole nitrogens is 1. The molecular weight excluding hydrogens is 552 g/mol. The van der Waals surface area contributed by atoms with E-state index in [2.05, 4.69) is 9.97 Å². The summed E-state index contributed by atoms with van der Waals surface area (Å²) in [4.78, 5) is 18.1. The zero-order valence-electron chi connectivity index (χ0n) is 18.4. The van der Waals surface area contributed by atoms with Gasteiger partial charge in [-0.3, -0.25) is 4.98 Å². The van der Waals surface area contributed by atoms with Gasteiger partial charge in [-0.05, 0) is 23.8 Å². The molecule has 38 heavy (non-hydrogen) atoms. The van der Waals surface area contributed by atoms with Crippen molar-refractivity contribution in [2.45, 2.75) is 42.5 Å². The number of fused-ring (bicyclic) bond motifs is 1. The maximum Gasteiger partial charge on any atom is 0.460 e. The lowest BCUT2D eigenvalue weighted by molar-refractivity contribution is -0.397. The fourth-order valence-electron chi connectivity index (χ4n) is 3.47. The second-order valence-electron chi connectivity index (χ2n) is 8.07. The highest BCUT2D eigenvalue weighted by molar-refractivity contribution is 6.04. The average Bonchev–Trinajstić information content (AvgIpc) is 3.24. The van der Waals surface area contributed by atoms with Crippen molar-refractivity contribution in [2.24, 2.45) is 0 Å². The number of halogens is 12. The van der Waals surface area contributed by atoms with E-state index in [1.165, 1.54) is 18.2 Å². The molecule has 1 aromatic carbocycles. The van der Waals surface area contributed by atoms with E-state index in [1.807, 2.05) is 0 Å². The predicted molar refractivity (Wildman–Crippen MR) is 106 cm³/mol. The second kappa shape index (κ2) is 9.69. The van der Waals surface area contributed by atoms with Crippen LogP contribution >= 0.6 is 0 Å². The van der Waals surface area contributed by atoms with Crippen LogP contribution in [0.1, 0.15) is 34.0 Å². The third kappa shape index (κ3) is 5.38. The van der Waals surface area contributed by atoms with Crippen LogP contribution in [0.5, 0.6) is 0 Å². The first-order valence-electron chi connectivity index (χ1n) is 10.3. The average molecular weight is 566 g/mol. The molecular formula is C22H14F12N2O2. The van der Waals surface area contributed by atoms with Gasteiger partial charge in [0.25, 0.3) is 0 Å². The molecule has 1 N–H and O–H groups in total. The van der Waals surface area contributed by atoms with Gasteiger partial charge in [-0.1, -0.05) is 18.2 Å². The summed E-state index contributed by atoms with van der Waals surface area (Å²) >= 11 is 0. The summed E-state index contributed by atoms with van der Waals surface area (Å²) < 4.78 is 165. The Kier molecular flexibility index (Phi) is 7.42. The lowest BCUT2D eigenvalue weighted by Crippen LogP contribution is -2.61. The Hall–Kier alpha value is -3.46. The number of esters is 1. The van der Waals surface area contributed by atoms with E-state index < -0.39 is 66.3 Å². The van der Waals surface area contributed by atoms with Crippen LogP contribution in [0.25, 0.3) is 10.9 Å². The van der Waals surface area contributed by atoms with Crippen molar-refractivity contribution in [1.29, 1.82) is 0 Å². The first kappa shape index (κ1) is 29.1. The summed E-state index contributed by atoms with van der Waals surface area (Å²) in [7, 11) is 0. The third-order valence-corrected chi connectivity index (χ3v) is 5.48. The summed E-state index contributed by atoms with van der Waals surface area (Å²) in [6, 6.07) is 6.72. The molecule has 0 saturated heterocycles. The minimum absolute atomic E-state index is 0.0975. The van der Waals surface area contributed by atoms with Crippen molar-refractivity contribution in [1.82, 2.24) is 9.97 Å². The molecule has 208 valence electrons. The van der Waals surface area contributed by atoms with E-state index in [0.717, 1.165) is 6.20 Å². The van der Waals surface area contributed by atoms with E-state index in [0.29, 0.717) is 17.8 Å². The highest BCUT2D eigenvalue weighted by atomic mass is 19.4. The van der Waals surface area contributed by atoms with Gasteiger partial charge in [-0.2, -0.15) is 52.7 Å². The van der Waals surface area contributed by atoms with Crippen LogP contribution in [0.2, 0.25) is 0 Å². The van der Waals surface area contributed by atoms with Gasteiger partial charge in [0.15, 0.2) is 0 Å². The Morgan fingerprint density at radius 2 is 1.53 bits per heavy atom. The predicted octanol–water partition coefficient (Wildman–Crippen LogP) is 7.38. The van der Waals surface area contributed by atoms with Crippen molar-refractivity contribution >= 4 is 16.9 Å². The summed E-state index contributed by atoms with van der Waals surface area (Å²) in [6.07, 6.45) is -13.3. The summed E-state index contributed by atoms with van der Waals surface area (Å²) in [5.41, 5.74) is -2.39. The lowest BCUT2D eigenvalue weighted by Gasteiger charge is -2.35. The highest BCUT2D eigenvalue weighted by Crippen LogP contribution is 2.55. The fraction of sp³-hybridized carbons (Fsp3) is 0.364. The minimum Gasteiger partial charge on any atom is -0.461 e. The van der Waals surface area contributed by atoms with Crippen LogP contribution in [-0.2, 0) is 10.9 Å². The molecule has 0 saturated carbocycles. The van der Waals surface area contributed by atoms with Crippen LogP contribution in [-0.4, -0.2) is 46.5 Å². The number of hydrogen-bond donors (Lipinski definition) is 1. The standard InChI is InChI=1S/C22H14F12N2O2/c23-18(24,20(28,29)21(30,31)22(32,33)34)8-12(11-5-6-35-16(7-11)19(25,26)27)10-38-17(37)14-9-36-15-4-2-1-3-13(14)15/h1-7,9,12,36H,8,10H2/t12-/m1/s1. The van der Waals surface area contributed by atoms with Gasteiger partial charge >= 0.3 is 36.1 Å². The number of carbonyl (C=O) groups excluding carboxylic acids is 1. The van der Waals surface area contributed by atoms with E-state index >= 15 is 0 Å². The van der Waals surface area contributed by atoms with E-state index in [4.69, 9.17) is 4.74 Å². The Morgan fingerprint density at radius 1 is 0.895 bits per heavy atom.